The van der Waals surface area contributed by atoms with Crippen LogP contribution in [0.5, 0.6) is 0 Å². The maximum Gasteiger partial charge on any atom is 0.131 e. The summed E-state index contributed by atoms with van der Waals surface area (Å²) in [7, 11) is 1.74. The van der Waals surface area contributed by atoms with Crippen LogP contribution in [0.1, 0.15) is 27.2 Å². The fourth-order valence-corrected chi connectivity index (χ4v) is 2.82. The van der Waals surface area contributed by atoms with Gasteiger partial charge in [-0.3, -0.25) is 0 Å². The van der Waals surface area contributed by atoms with Crippen LogP contribution in [0, 0.1) is 25.5 Å². The van der Waals surface area contributed by atoms with Gasteiger partial charge in [0.05, 0.1) is 11.7 Å². The minimum absolute atomic E-state index is 0.344. The first-order valence-corrected chi connectivity index (χ1v) is 6.40. The molecular formula is C13H14F2N2S. The van der Waals surface area contributed by atoms with Gasteiger partial charge < -0.3 is 5.32 Å². The second kappa shape index (κ2) is 5.12. The molecule has 0 aliphatic rings. The molecule has 1 heterocycles. The van der Waals surface area contributed by atoms with Crippen molar-refractivity contribution in [2.24, 2.45) is 0 Å². The number of thiazole rings is 1. The van der Waals surface area contributed by atoms with Gasteiger partial charge in [-0.25, -0.2) is 13.8 Å². The molecule has 2 aromatic rings. The number of hydrogen-bond donors (Lipinski definition) is 1. The van der Waals surface area contributed by atoms with E-state index in [2.05, 4.69) is 10.3 Å². The molecule has 2 nitrogen and oxygen atoms in total. The zero-order valence-corrected chi connectivity index (χ0v) is 11.2. The van der Waals surface area contributed by atoms with E-state index in [-0.39, 0.29) is 6.04 Å². The smallest absolute Gasteiger partial charge is 0.131 e. The van der Waals surface area contributed by atoms with E-state index in [1.54, 1.807) is 7.05 Å². The maximum atomic E-state index is 13.8. The van der Waals surface area contributed by atoms with Crippen LogP contribution in [0.25, 0.3) is 0 Å². The fraction of sp³-hybridized carbons (Fsp3) is 0.308. The van der Waals surface area contributed by atoms with Crippen molar-refractivity contribution in [3.8, 4) is 0 Å². The standard InChI is InChI=1S/C13H14F2N2S/c1-7-8(2)18-13(17-7)12(16-3)10-5-4-9(14)6-11(10)15/h4-6,12,16H,1-3H3. The Bertz CT molecular complexity index is 547. The Morgan fingerprint density at radius 1 is 1.28 bits per heavy atom. The topological polar surface area (TPSA) is 24.9 Å². The van der Waals surface area contributed by atoms with Gasteiger partial charge in [-0.15, -0.1) is 11.3 Å². The lowest BCUT2D eigenvalue weighted by molar-refractivity contribution is 0.551. The molecule has 96 valence electrons. The zero-order valence-electron chi connectivity index (χ0n) is 10.4. The molecule has 0 fully saturated rings. The molecular weight excluding hydrogens is 254 g/mol. The Labute approximate surface area is 109 Å². The molecule has 0 amide bonds. The van der Waals surface area contributed by atoms with Gasteiger partial charge in [0.1, 0.15) is 16.6 Å². The monoisotopic (exact) mass is 268 g/mol. The van der Waals surface area contributed by atoms with Crippen LogP contribution in [0.4, 0.5) is 8.78 Å². The molecule has 18 heavy (non-hydrogen) atoms. The quantitative estimate of drug-likeness (QED) is 0.923. The van der Waals surface area contributed by atoms with E-state index in [9.17, 15) is 8.78 Å². The summed E-state index contributed by atoms with van der Waals surface area (Å²) in [6.07, 6.45) is 0. The molecule has 1 N–H and O–H groups in total. The first-order valence-electron chi connectivity index (χ1n) is 5.59. The lowest BCUT2D eigenvalue weighted by Crippen LogP contribution is -2.19. The lowest BCUT2D eigenvalue weighted by Gasteiger charge is -2.14. The molecule has 5 heteroatoms. The van der Waals surface area contributed by atoms with Crippen molar-refractivity contribution in [2.45, 2.75) is 19.9 Å². The largest absolute Gasteiger partial charge is 0.307 e. The summed E-state index contributed by atoms with van der Waals surface area (Å²) < 4.78 is 26.7. The van der Waals surface area contributed by atoms with Crippen molar-refractivity contribution in [3.05, 3.63) is 51.0 Å². The van der Waals surface area contributed by atoms with Crippen LogP contribution in [0.3, 0.4) is 0 Å². The number of nitrogens with zero attached hydrogens (tertiary/aromatic N) is 1. The lowest BCUT2D eigenvalue weighted by atomic mass is 10.1. The molecule has 0 bridgehead atoms. The average Bonchev–Trinajstić information content (AvgIpc) is 2.63. The SMILES string of the molecule is CNC(c1nc(C)c(C)s1)c1ccc(F)cc1F. The van der Waals surface area contributed by atoms with E-state index in [0.29, 0.717) is 5.56 Å². The first-order chi connectivity index (χ1) is 8.52. The van der Waals surface area contributed by atoms with Gasteiger partial charge in [0.2, 0.25) is 0 Å². The second-order valence-corrected chi connectivity index (χ2v) is 5.32. The van der Waals surface area contributed by atoms with Gasteiger partial charge in [0.15, 0.2) is 0 Å². The van der Waals surface area contributed by atoms with Crippen LogP contribution in [0.15, 0.2) is 18.2 Å². The van der Waals surface area contributed by atoms with Crippen molar-refractivity contribution < 1.29 is 8.78 Å². The Hall–Kier alpha value is -1.33. The summed E-state index contributed by atoms with van der Waals surface area (Å²) in [4.78, 5) is 5.52. The number of aryl methyl sites for hydroxylation is 2. The molecule has 2 rings (SSSR count). The molecule has 1 unspecified atom stereocenters. The highest BCUT2D eigenvalue weighted by molar-refractivity contribution is 7.11. The zero-order chi connectivity index (χ0) is 13.3. The summed E-state index contributed by atoms with van der Waals surface area (Å²) in [6, 6.07) is 3.27. The van der Waals surface area contributed by atoms with E-state index in [0.717, 1.165) is 21.6 Å². The number of nitrogens with one attached hydrogen (secondary N) is 1. The van der Waals surface area contributed by atoms with Crippen molar-refractivity contribution in [3.63, 3.8) is 0 Å². The maximum absolute atomic E-state index is 13.8. The van der Waals surface area contributed by atoms with Crippen molar-refractivity contribution >= 4 is 11.3 Å². The number of rotatable bonds is 3. The fourth-order valence-electron chi connectivity index (χ4n) is 1.77. The average molecular weight is 268 g/mol. The van der Waals surface area contributed by atoms with E-state index >= 15 is 0 Å². The van der Waals surface area contributed by atoms with Gasteiger partial charge >= 0.3 is 0 Å². The molecule has 1 aromatic carbocycles. The van der Waals surface area contributed by atoms with Crippen LogP contribution in [-0.4, -0.2) is 12.0 Å². The van der Waals surface area contributed by atoms with Crippen LogP contribution < -0.4 is 5.32 Å². The van der Waals surface area contributed by atoms with E-state index < -0.39 is 11.6 Å². The normalized spacial score (nSPS) is 12.7. The number of halogens is 2. The molecule has 1 atom stereocenters. The summed E-state index contributed by atoms with van der Waals surface area (Å²) in [6.45, 7) is 3.90. The summed E-state index contributed by atoms with van der Waals surface area (Å²) in [5, 5.41) is 3.81. The molecule has 0 aliphatic heterocycles. The van der Waals surface area contributed by atoms with Crippen molar-refractivity contribution in [1.29, 1.82) is 0 Å². The number of aromatic nitrogens is 1. The van der Waals surface area contributed by atoms with Crippen molar-refractivity contribution in [1.82, 2.24) is 10.3 Å². The van der Waals surface area contributed by atoms with Gasteiger partial charge in [0, 0.05) is 16.5 Å². The van der Waals surface area contributed by atoms with E-state index in [1.807, 2.05) is 13.8 Å². The Morgan fingerprint density at radius 3 is 2.50 bits per heavy atom. The summed E-state index contributed by atoms with van der Waals surface area (Å²) in [5.41, 5.74) is 1.35. The Morgan fingerprint density at radius 2 is 2.00 bits per heavy atom. The Kier molecular flexibility index (Phi) is 3.73. The highest BCUT2D eigenvalue weighted by Gasteiger charge is 2.20. The predicted molar refractivity (Wildman–Crippen MR) is 68.8 cm³/mol. The summed E-state index contributed by atoms with van der Waals surface area (Å²) in [5.74, 6) is -1.13. The summed E-state index contributed by atoms with van der Waals surface area (Å²) >= 11 is 1.52. The molecule has 0 saturated carbocycles. The molecule has 0 spiro atoms. The minimum Gasteiger partial charge on any atom is -0.307 e. The number of hydrogen-bond acceptors (Lipinski definition) is 3. The van der Waals surface area contributed by atoms with Crippen LogP contribution in [-0.2, 0) is 0 Å². The molecule has 1 aromatic heterocycles. The van der Waals surface area contributed by atoms with Gasteiger partial charge in [-0.1, -0.05) is 6.07 Å². The first kappa shape index (κ1) is 13.1. The predicted octanol–water partition coefficient (Wildman–Crippen LogP) is 3.35. The number of benzene rings is 1. The van der Waals surface area contributed by atoms with Crippen LogP contribution in [0.2, 0.25) is 0 Å². The van der Waals surface area contributed by atoms with Gasteiger partial charge in [0.25, 0.3) is 0 Å². The highest BCUT2D eigenvalue weighted by atomic mass is 32.1. The second-order valence-electron chi connectivity index (χ2n) is 4.08. The highest BCUT2D eigenvalue weighted by Crippen LogP contribution is 2.29. The van der Waals surface area contributed by atoms with Gasteiger partial charge in [-0.05, 0) is 27.0 Å². The molecule has 0 saturated heterocycles. The molecule has 0 radical (unpaired) electrons. The van der Waals surface area contributed by atoms with Crippen LogP contribution >= 0.6 is 11.3 Å². The Balaban J connectivity index is 2.45. The van der Waals surface area contributed by atoms with E-state index in [1.165, 1.54) is 23.5 Å². The third kappa shape index (κ3) is 2.42. The minimum atomic E-state index is -0.572. The van der Waals surface area contributed by atoms with Gasteiger partial charge in [-0.2, -0.15) is 0 Å². The third-order valence-electron chi connectivity index (χ3n) is 2.85. The van der Waals surface area contributed by atoms with Crippen molar-refractivity contribution in [2.75, 3.05) is 7.05 Å². The third-order valence-corrected chi connectivity index (χ3v) is 3.99. The van der Waals surface area contributed by atoms with E-state index in [4.69, 9.17) is 0 Å². The molecule has 0 aliphatic carbocycles.